The molecule has 3 aromatic carbocycles. The Bertz CT molecular complexity index is 1680. The van der Waals surface area contributed by atoms with Crippen molar-refractivity contribution in [3.8, 4) is 11.3 Å². The zero-order chi connectivity index (χ0) is 26.6. The average Bonchev–Trinajstić information content (AvgIpc) is 3.46. The molecule has 1 saturated heterocycles. The van der Waals surface area contributed by atoms with E-state index in [1.165, 1.54) is 28.9 Å². The number of piperidine rings is 1. The highest BCUT2D eigenvalue weighted by Crippen LogP contribution is 2.35. The fraction of sp³-hybridized carbons (Fsp3) is 0.250. The third-order valence-electron chi connectivity index (χ3n) is 7.23. The van der Waals surface area contributed by atoms with Crippen molar-refractivity contribution in [3.05, 3.63) is 83.7 Å². The number of hydrogen-bond acceptors (Lipinski definition) is 3. The zero-order valence-electron chi connectivity index (χ0n) is 20.4. The summed E-state index contributed by atoms with van der Waals surface area (Å²) in [5.41, 5.74) is 2.25. The number of amides is 1. The molecule has 6 nitrogen and oxygen atoms in total. The predicted molar refractivity (Wildman–Crippen MR) is 135 cm³/mol. The zero-order valence-corrected chi connectivity index (χ0v) is 20.4. The number of aryl methyl sites for hydroxylation is 1. The first-order chi connectivity index (χ1) is 18.3. The van der Waals surface area contributed by atoms with Crippen LogP contribution in [0.5, 0.6) is 0 Å². The molecular weight excluding hydrogens is 498 g/mol. The van der Waals surface area contributed by atoms with Crippen molar-refractivity contribution in [1.29, 1.82) is 0 Å². The number of hydrogen-bond donors (Lipinski definition) is 0. The normalized spacial score (nSPS) is 14.7. The van der Waals surface area contributed by atoms with Crippen LogP contribution >= 0.6 is 0 Å². The van der Waals surface area contributed by atoms with Crippen LogP contribution in [0.3, 0.4) is 0 Å². The van der Waals surface area contributed by atoms with Gasteiger partial charge in [0.1, 0.15) is 23.2 Å². The fourth-order valence-corrected chi connectivity index (χ4v) is 5.36. The topological polar surface area (TPSA) is 56.0 Å². The molecule has 1 aliphatic heterocycles. The molecule has 0 aliphatic carbocycles. The molecule has 0 radical (unpaired) electrons. The van der Waals surface area contributed by atoms with Gasteiger partial charge in [-0.05, 0) is 49.2 Å². The van der Waals surface area contributed by atoms with Crippen LogP contribution in [0.25, 0.3) is 33.2 Å². The van der Waals surface area contributed by atoms with E-state index < -0.39 is 24.1 Å². The third-order valence-corrected chi connectivity index (χ3v) is 7.23. The largest absolute Gasteiger partial charge is 0.339 e. The highest BCUT2D eigenvalue weighted by Gasteiger charge is 2.31. The van der Waals surface area contributed by atoms with Gasteiger partial charge in [0.05, 0.1) is 22.1 Å². The molecule has 0 bridgehead atoms. The molecule has 1 fully saturated rings. The number of halogens is 4. The Balaban J connectivity index is 1.26. The number of aromatic nitrogens is 4. The van der Waals surface area contributed by atoms with E-state index in [0.717, 1.165) is 4.57 Å². The lowest BCUT2D eigenvalue weighted by molar-refractivity contribution is 0.0632. The van der Waals surface area contributed by atoms with E-state index in [1.807, 2.05) is 0 Å². The first-order valence-electron chi connectivity index (χ1n) is 12.3. The number of benzene rings is 3. The van der Waals surface area contributed by atoms with Gasteiger partial charge in [0, 0.05) is 37.0 Å². The number of para-hydroxylation sites is 2. The number of carbonyl (C=O) groups excluding carboxylic acids is 1. The molecule has 38 heavy (non-hydrogen) atoms. The number of nitrogens with zero attached hydrogens (tertiary/aromatic N) is 5. The summed E-state index contributed by atoms with van der Waals surface area (Å²) in [5.74, 6) is -1.55. The van der Waals surface area contributed by atoms with Gasteiger partial charge in [-0.1, -0.05) is 24.3 Å². The highest BCUT2D eigenvalue weighted by atomic mass is 19.3. The molecule has 3 heterocycles. The van der Waals surface area contributed by atoms with Gasteiger partial charge in [-0.15, -0.1) is 0 Å². The molecule has 0 unspecified atom stereocenters. The van der Waals surface area contributed by atoms with Gasteiger partial charge in [-0.3, -0.25) is 14.0 Å². The Hall–Kier alpha value is -4.21. The summed E-state index contributed by atoms with van der Waals surface area (Å²) < 4.78 is 59.3. The number of fused-ring (bicyclic) bond motifs is 2. The van der Waals surface area contributed by atoms with Crippen LogP contribution in [0.1, 0.15) is 41.5 Å². The second-order valence-electron chi connectivity index (χ2n) is 9.50. The lowest BCUT2D eigenvalue weighted by Gasteiger charge is -2.32. The number of imidazole rings is 1. The SMILES string of the molecule is Cn1nc(-c2cccc(F)c2)c2cc(F)c(C(=O)N3CCC(c4nc5ccccc5n4C(F)F)CC3)cc21. The molecule has 194 valence electrons. The third kappa shape index (κ3) is 4.00. The van der Waals surface area contributed by atoms with Gasteiger partial charge < -0.3 is 4.90 Å². The average molecular weight is 522 g/mol. The van der Waals surface area contributed by atoms with E-state index in [1.54, 1.807) is 48.3 Å². The molecule has 0 N–H and O–H groups in total. The van der Waals surface area contributed by atoms with Crippen LogP contribution in [0, 0.1) is 11.6 Å². The van der Waals surface area contributed by atoms with E-state index in [2.05, 4.69) is 10.1 Å². The number of likely N-dealkylation sites (tertiary alicyclic amines) is 1. The molecule has 6 rings (SSSR count). The maximum atomic E-state index is 15.3. The molecule has 0 saturated carbocycles. The second-order valence-corrected chi connectivity index (χ2v) is 9.50. The summed E-state index contributed by atoms with van der Waals surface area (Å²) in [5, 5.41) is 4.90. The summed E-state index contributed by atoms with van der Waals surface area (Å²) in [6, 6.07) is 15.4. The van der Waals surface area contributed by atoms with Crippen LogP contribution in [0.4, 0.5) is 17.6 Å². The van der Waals surface area contributed by atoms with E-state index in [9.17, 15) is 18.0 Å². The van der Waals surface area contributed by atoms with Gasteiger partial charge >= 0.3 is 6.55 Å². The maximum Gasteiger partial charge on any atom is 0.320 e. The van der Waals surface area contributed by atoms with Gasteiger partial charge in [0.15, 0.2) is 0 Å². The first kappa shape index (κ1) is 24.1. The minimum Gasteiger partial charge on any atom is -0.339 e. The van der Waals surface area contributed by atoms with Gasteiger partial charge in [-0.25, -0.2) is 13.8 Å². The number of carbonyl (C=O) groups is 1. The van der Waals surface area contributed by atoms with Gasteiger partial charge in [-0.2, -0.15) is 13.9 Å². The van der Waals surface area contributed by atoms with E-state index in [0.29, 0.717) is 51.9 Å². The van der Waals surface area contributed by atoms with Crippen molar-refractivity contribution < 1.29 is 22.4 Å². The van der Waals surface area contributed by atoms with Crippen LogP contribution in [-0.4, -0.2) is 43.2 Å². The Morgan fingerprint density at radius 1 is 0.974 bits per heavy atom. The lowest BCUT2D eigenvalue weighted by Crippen LogP contribution is -2.38. The van der Waals surface area contributed by atoms with Crippen molar-refractivity contribution in [1.82, 2.24) is 24.2 Å². The Labute approximate surface area is 215 Å². The first-order valence-corrected chi connectivity index (χ1v) is 12.3. The van der Waals surface area contributed by atoms with Crippen LogP contribution in [0.2, 0.25) is 0 Å². The number of alkyl halides is 2. The molecule has 5 aromatic rings. The Morgan fingerprint density at radius 2 is 1.74 bits per heavy atom. The van der Waals surface area contributed by atoms with Crippen molar-refractivity contribution in [3.63, 3.8) is 0 Å². The van der Waals surface area contributed by atoms with Gasteiger partial charge in [0.2, 0.25) is 0 Å². The summed E-state index contributed by atoms with van der Waals surface area (Å²) in [7, 11) is 1.68. The summed E-state index contributed by atoms with van der Waals surface area (Å²) >= 11 is 0. The minimum absolute atomic E-state index is 0.0930. The fourth-order valence-electron chi connectivity index (χ4n) is 5.36. The smallest absolute Gasteiger partial charge is 0.320 e. The molecule has 2 aromatic heterocycles. The summed E-state index contributed by atoms with van der Waals surface area (Å²) in [4.78, 5) is 19.3. The van der Waals surface area contributed by atoms with E-state index in [4.69, 9.17) is 0 Å². The number of rotatable bonds is 4. The maximum absolute atomic E-state index is 15.3. The quantitative estimate of drug-likeness (QED) is 0.262. The van der Waals surface area contributed by atoms with Crippen LogP contribution < -0.4 is 0 Å². The van der Waals surface area contributed by atoms with Crippen molar-refractivity contribution >= 4 is 27.8 Å². The molecule has 10 heteroatoms. The monoisotopic (exact) mass is 521 g/mol. The van der Waals surface area contributed by atoms with E-state index >= 15 is 4.39 Å². The van der Waals surface area contributed by atoms with Crippen molar-refractivity contribution in [2.45, 2.75) is 25.3 Å². The van der Waals surface area contributed by atoms with Crippen molar-refractivity contribution in [2.75, 3.05) is 13.1 Å². The molecule has 1 aliphatic rings. The molecular formula is C28H23F4N5O. The Morgan fingerprint density at radius 3 is 2.47 bits per heavy atom. The minimum atomic E-state index is -2.73. The molecule has 0 spiro atoms. The predicted octanol–water partition coefficient (Wildman–Crippen LogP) is 6.28. The summed E-state index contributed by atoms with van der Waals surface area (Å²) in [6.45, 7) is -2.16. The standard InChI is InChI=1S/C28H23F4N5O/c1-35-24-15-19(21(30)14-20(24)25(34-35)17-5-4-6-18(29)13-17)27(38)36-11-9-16(10-12-36)26-33-22-7-2-3-8-23(22)37(26)28(31)32/h2-8,13-16,28H,9-12H2,1H3. The van der Waals surface area contributed by atoms with E-state index in [-0.39, 0.29) is 24.6 Å². The highest BCUT2D eigenvalue weighted by molar-refractivity contribution is 6.01. The second kappa shape index (κ2) is 9.27. The van der Waals surface area contributed by atoms with Crippen molar-refractivity contribution in [2.24, 2.45) is 7.05 Å². The molecule has 0 atom stereocenters. The van der Waals surface area contributed by atoms with Gasteiger partial charge in [0.25, 0.3) is 5.91 Å². The lowest BCUT2D eigenvalue weighted by atomic mass is 9.95. The van der Waals surface area contributed by atoms with Crippen LogP contribution in [0.15, 0.2) is 60.7 Å². The summed E-state index contributed by atoms with van der Waals surface area (Å²) in [6.07, 6.45) is 0.863. The van der Waals surface area contributed by atoms with Crippen LogP contribution in [-0.2, 0) is 7.05 Å². The Kier molecular flexibility index (Phi) is 5.89. The molecule has 1 amide bonds.